The van der Waals surface area contributed by atoms with Crippen LogP contribution in [-0.4, -0.2) is 17.6 Å². The molecule has 19 heavy (non-hydrogen) atoms. The smallest absolute Gasteiger partial charge is 0.133 e. The molecular weight excluding hydrogens is 234 g/mol. The highest BCUT2D eigenvalue weighted by Gasteiger charge is 2.19. The minimum atomic E-state index is 0.390. The summed E-state index contributed by atoms with van der Waals surface area (Å²) in [5, 5.41) is 5.95. The lowest BCUT2D eigenvalue weighted by molar-refractivity contribution is 0.335. The maximum absolute atomic E-state index is 6.04. The Labute approximate surface area is 114 Å². The Balaban J connectivity index is 1.71. The third-order valence-corrected chi connectivity index (χ3v) is 4.06. The van der Waals surface area contributed by atoms with E-state index < -0.39 is 0 Å². The number of rotatable bonds is 3. The number of nitrogens with zero attached hydrogens (tertiary/aromatic N) is 1. The standard InChI is InChI=1S/C16H21N3/c17-14-6-3-4-12(10-14)11-19-16-15-7-2-1-5-13(15)8-9-18-16/h1-2,5,7-9,12,14H,3-4,6,10-11,17H2,(H,18,19). The van der Waals surface area contributed by atoms with E-state index in [2.05, 4.69) is 40.6 Å². The summed E-state index contributed by atoms with van der Waals surface area (Å²) in [5.74, 6) is 1.68. The molecule has 2 unspecified atom stereocenters. The zero-order chi connectivity index (χ0) is 13.1. The zero-order valence-corrected chi connectivity index (χ0v) is 11.2. The summed E-state index contributed by atoms with van der Waals surface area (Å²) in [6.07, 6.45) is 6.74. The molecule has 0 radical (unpaired) electrons. The first-order valence-corrected chi connectivity index (χ1v) is 7.16. The quantitative estimate of drug-likeness (QED) is 0.885. The van der Waals surface area contributed by atoms with Crippen LogP contribution in [0.1, 0.15) is 25.7 Å². The van der Waals surface area contributed by atoms with E-state index >= 15 is 0 Å². The van der Waals surface area contributed by atoms with Gasteiger partial charge in [0, 0.05) is 24.2 Å². The zero-order valence-electron chi connectivity index (χ0n) is 11.2. The monoisotopic (exact) mass is 255 g/mol. The molecule has 3 heteroatoms. The molecule has 0 bridgehead atoms. The highest BCUT2D eigenvalue weighted by atomic mass is 15.0. The summed E-state index contributed by atoms with van der Waals surface area (Å²) in [4.78, 5) is 4.47. The SMILES string of the molecule is NC1CCCC(CNc2nccc3ccccc23)C1. The van der Waals surface area contributed by atoms with Gasteiger partial charge in [-0.3, -0.25) is 0 Å². The largest absolute Gasteiger partial charge is 0.369 e. The Bertz CT molecular complexity index is 547. The summed E-state index contributed by atoms with van der Waals surface area (Å²) in [7, 11) is 0. The van der Waals surface area contributed by atoms with E-state index in [0.29, 0.717) is 12.0 Å². The molecule has 1 fully saturated rings. The number of pyridine rings is 1. The summed E-state index contributed by atoms with van der Waals surface area (Å²) < 4.78 is 0. The third-order valence-electron chi connectivity index (χ3n) is 4.06. The van der Waals surface area contributed by atoms with Crippen molar-refractivity contribution in [3.05, 3.63) is 36.5 Å². The second kappa shape index (κ2) is 5.57. The van der Waals surface area contributed by atoms with Crippen molar-refractivity contribution >= 4 is 16.6 Å². The van der Waals surface area contributed by atoms with E-state index in [9.17, 15) is 0 Å². The summed E-state index contributed by atoms with van der Waals surface area (Å²) in [6.45, 7) is 0.981. The van der Waals surface area contributed by atoms with Crippen LogP contribution in [-0.2, 0) is 0 Å². The molecule has 1 aromatic heterocycles. The van der Waals surface area contributed by atoms with Gasteiger partial charge in [-0.2, -0.15) is 0 Å². The van der Waals surface area contributed by atoms with Crippen LogP contribution in [0.5, 0.6) is 0 Å². The lowest BCUT2D eigenvalue weighted by atomic mass is 9.86. The first-order chi connectivity index (χ1) is 9.33. The average Bonchev–Trinajstić information content (AvgIpc) is 2.45. The van der Waals surface area contributed by atoms with E-state index in [-0.39, 0.29) is 0 Å². The molecule has 1 aromatic carbocycles. The van der Waals surface area contributed by atoms with Gasteiger partial charge >= 0.3 is 0 Å². The van der Waals surface area contributed by atoms with Crippen molar-refractivity contribution in [2.24, 2.45) is 11.7 Å². The molecule has 0 saturated heterocycles. The first kappa shape index (κ1) is 12.4. The van der Waals surface area contributed by atoms with E-state index in [1.54, 1.807) is 0 Å². The number of nitrogens with two attached hydrogens (primary N) is 1. The maximum Gasteiger partial charge on any atom is 0.133 e. The predicted molar refractivity (Wildman–Crippen MR) is 80.2 cm³/mol. The average molecular weight is 255 g/mol. The lowest BCUT2D eigenvalue weighted by Gasteiger charge is -2.27. The van der Waals surface area contributed by atoms with E-state index in [0.717, 1.165) is 18.8 Å². The number of nitrogens with one attached hydrogen (secondary N) is 1. The summed E-state index contributed by atoms with van der Waals surface area (Å²) in [6, 6.07) is 10.8. The van der Waals surface area contributed by atoms with E-state index in [1.807, 2.05) is 6.20 Å². The molecule has 2 atom stereocenters. The van der Waals surface area contributed by atoms with Crippen LogP contribution in [0.25, 0.3) is 10.8 Å². The Morgan fingerprint density at radius 1 is 1.21 bits per heavy atom. The van der Waals surface area contributed by atoms with Gasteiger partial charge in [0.2, 0.25) is 0 Å². The van der Waals surface area contributed by atoms with Gasteiger partial charge in [-0.15, -0.1) is 0 Å². The normalized spacial score (nSPS) is 23.4. The molecule has 3 N–H and O–H groups in total. The maximum atomic E-state index is 6.04. The van der Waals surface area contributed by atoms with Crippen molar-refractivity contribution in [1.29, 1.82) is 0 Å². The van der Waals surface area contributed by atoms with Gasteiger partial charge < -0.3 is 11.1 Å². The second-order valence-corrected chi connectivity index (χ2v) is 5.55. The van der Waals surface area contributed by atoms with Crippen LogP contribution < -0.4 is 11.1 Å². The van der Waals surface area contributed by atoms with Crippen LogP contribution in [0.3, 0.4) is 0 Å². The molecule has 3 rings (SSSR count). The fraction of sp³-hybridized carbons (Fsp3) is 0.438. The van der Waals surface area contributed by atoms with Crippen LogP contribution >= 0.6 is 0 Å². The Kier molecular flexibility index (Phi) is 3.65. The van der Waals surface area contributed by atoms with Crippen LogP contribution in [0.4, 0.5) is 5.82 Å². The summed E-state index contributed by atoms with van der Waals surface area (Å²) >= 11 is 0. The number of aromatic nitrogens is 1. The Hall–Kier alpha value is -1.61. The molecule has 3 nitrogen and oxygen atoms in total. The number of hydrogen-bond donors (Lipinski definition) is 2. The van der Waals surface area contributed by atoms with Crippen LogP contribution in [0.15, 0.2) is 36.5 Å². The van der Waals surface area contributed by atoms with Crippen LogP contribution in [0, 0.1) is 5.92 Å². The minimum absolute atomic E-state index is 0.390. The molecule has 0 aliphatic heterocycles. The van der Waals surface area contributed by atoms with Gasteiger partial charge in [-0.25, -0.2) is 4.98 Å². The molecule has 1 aliphatic carbocycles. The molecule has 0 spiro atoms. The second-order valence-electron chi connectivity index (χ2n) is 5.55. The fourth-order valence-electron chi connectivity index (χ4n) is 3.02. The molecule has 1 saturated carbocycles. The van der Waals surface area contributed by atoms with Crippen molar-refractivity contribution in [2.45, 2.75) is 31.7 Å². The van der Waals surface area contributed by atoms with Gasteiger partial charge in [-0.1, -0.05) is 30.7 Å². The van der Waals surface area contributed by atoms with E-state index in [4.69, 9.17) is 5.73 Å². The minimum Gasteiger partial charge on any atom is -0.369 e. The number of hydrogen-bond acceptors (Lipinski definition) is 3. The first-order valence-electron chi connectivity index (χ1n) is 7.16. The Morgan fingerprint density at radius 3 is 3.00 bits per heavy atom. The predicted octanol–water partition coefficient (Wildman–Crippen LogP) is 3.16. The van der Waals surface area contributed by atoms with Gasteiger partial charge in [-0.05, 0) is 36.6 Å². The topological polar surface area (TPSA) is 50.9 Å². The van der Waals surface area contributed by atoms with Crippen LogP contribution in [0.2, 0.25) is 0 Å². The van der Waals surface area contributed by atoms with Crippen molar-refractivity contribution in [2.75, 3.05) is 11.9 Å². The molecule has 1 heterocycles. The van der Waals surface area contributed by atoms with E-state index in [1.165, 1.54) is 30.0 Å². The van der Waals surface area contributed by atoms with Crippen molar-refractivity contribution < 1.29 is 0 Å². The highest BCUT2D eigenvalue weighted by Crippen LogP contribution is 2.25. The molecular formula is C16H21N3. The van der Waals surface area contributed by atoms with Crippen molar-refractivity contribution in [1.82, 2.24) is 4.98 Å². The Morgan fingerprint density at radius 2 is 2.11 bits per heavy atom. The van der Waals surface area contributed by atoms with Gasteiger partial charge in [0.1, 0.15) is 5.82 Å². The molecule has 0 amide bonds. The van der Waals surface area contributed by atoms with Crippen molar-refractivity contribution in [3.63, 3.8) is 0 Å². The number of fused-ring (bicyclic) bond motifs is 1. The molecule has 2 aromatic rings. The van der Waals surface area contributed by atoms with Gasteiger partial charge in [0.05, 0.1) is 0 Å². The number of anilines is 1. The molecule has 1 aliphatic rings. The molecule has 100 valence electrons. The lowest BCUT2D eigenvalue weighted by Crippen LogP contribution is -2.31. The van der Waals surface area contributed by atoms with Gasteiger partial charge in [0.15, 0.2) is 0 Å². The van der Waals surface area contributed by atoms with Crippen molar-refractivity contribution in [3.8, 4) is 0 Å². The number of benzene rings is 1. The summed E-state index contributed by atoms with van der Waals surface area (Å²) in [5.41, 5.74) is 6.04. The van der Waals surface area contributed by atoms with Gasteiger partial charge in [0.25, 0.3) is 0 Å². The fourth-order valence-corrected chi connectivity index (χ4v) is 3.02. The highest BCUT2D eigenvalue weighted by molar-refractivity contribution is 5.91. The third kappa shape index (κ3) is 2.87.